The van der Waals surface area contributed by atoms with Crippen molar-refractivity contribution < 1.29 is 43.8 Å². The fourth-order valence-corrected chi connectivity index (χ4v) is 4.75. The summed E-state index contributed by atoms with van der Waals surface area (Å²) in [5.74, 6) is -0.298. The Kier molecular flexibility index (Phi) is 8.69. The molecule has 5 atom stereocenters. The van der Waals surface area contributed by atoms with Crippen molar-refractivity contribution in [2.75, 3.05) is 0 Å². The van der Waals surface area contributed by atoms with E-state index in [2.05, 4.69) is 5.32 Å². The first-order valence-corrected chi connectivity index (χ1v) is 13.8. The summed E-state index contributed by atoms with van der Waals surface area (Å²) < 4.78 is 23.2. The molecule has 1 aliphatic heterocycles. The predicted octanol–water partition coefficient (Wildman–Crippen LogP) is 2.76. The number of aliphatic hydroxyl groups is 3. The Balaban J connectivity index is 1.41. The van der Waals surface area contributed by atoms with Gasteiger partial charge >= 0.3 is 0 Å². The molecule has 1 aromatic heterocycles. The first-order valence-electron chi connectivity index (χ1n) is 13.8. The quantitative estimate of drug-likeness (QED) is 0.206. The molecule has 0 radical (unpaired) electrons. The standard InChI is InChI=1S/C32H33NO10/c1-16(2)33-31(39)30-28(37)27(36)29(38)32(43-30)42-22-14-24-25(26(35)17(22)3)21(34)13-23(41-24)19-9-11-20(12-10-19)40-15-18-7-5-4-6-8-18/h4-14,16,27-30,32,35-38H,15H2,1-3H3,(H,33,39). The zero-order valence-corrected chi connectivity index (χ0v) is 23.8. The number of phenols is 1. The van der Waals surface area contributed by atoms with Gasteiger partial charge in [0.25, 0.3) is 5.91 Å². The van der Waals surface area contributed by atoms with Crippen LogP contribution in [0.15, 0.2) is 75.9 Å². The van der Waals surface area contributed by atoms with E-state index in [1.807, 2.05) is 30.3 Å². The van der Waals surface area contributed by atoms with Crippen LogP contribution < -0.4 is 20.2 Å². The molecule has 1 fully saturated rings. The predicted molar refractivity (Wildman–Crippen MR) is 156 cm³/mol. The SMILES string of the molecule is Cc1c(OC2OC(C(=O)NC(C)C)C(O)C(O)C2O)cc2oc(-c3ccc(OCc4ccccc4)cc3)cc(=O)c2c1O. The van der Waals surface area contributed by atoms with E-state index in [1.165, 1.54) is 19.1 Å². The molecule has 0 aliphatic carbocycles. The van der Waals surface area contributed by atoms with Crippen LogP contribution in [0.25, 0.3) is 22.3 Å². The number of carbonyl (C=O) groups is 1. The smallest absolute Gasteiger partial charge is 0.252 e. The summed E-state index contributed by atoms with van der Waals surface area (Å²) in [5, 5.41) is 44.7. The number of carbonyl (C=O) groups excluding carboxylic acids is 1. The Morgan fingerprint density at radius 3 is 2.35 bits per heavy atom. The normalized spacial score (nSPS) is 22.0. The van der Waals surface area contributed by atoms with E-state index < -0.39 is 47.8 Å². The van der Waals surface area contributed by atoms with E-state index in [1.54, 1.807) is 38.1 Å². The number of aromatic hydroxyl groups is 1. The van der Waals surface area contributed by atoms with Gasteiger partial charge in [0.1, 0.15) is 58.9 Å². The summed E-state index contributed by atoms with van der Waals surface area (Å²) in [6, 6.07) is 19.0. The lowest BCUT2D eigenvalue weighted by Crippen LogP contribution is -2.63. The maximum absolute atomic E-state index is 13.1. The van der Waals surface area contributed by atoms with Gasteiger partial charge in [-0.3, -0.25) is 9.59 Å². The first kappa shape index (κ1) is 30.1. The molecule has 2 heterocycles. The number of aliphatic hydroxyl groups excluding tert-OH is 3. The van der Waals surface area contributed by atoms with Crippen LogP contribution in [-0.4, -0.2) is 63.1 Å². The van der Waals surface area contributed by atoms with Gasteiger partial charge in [0.2, 0.25) is 6.29 Å². The van der Waals surface area contributed by atoms with Crippen molar-refractivity contribution in [1.29, 1.82) is 0 Å². The summed E-state index contributed by atoms with van der Waals surface area (Å²) in [6.07, 6.45) is -8.36. The number of phenolic OH excluding ortho intramolecular Hbond substituents is 1. The van der Waals surface area contributed by atoms with E-state index in [0.29, 0.717) is 17.9 Å². The average molecular weight is 592 g/mol. The fraction of sp³-hybridized carbons (Fsp3) is 0.312. The van der Waals surface area contributed by atoms with Crippen LogP contribution in [0, 0.1) is 6.92 Å². The van der Waals surface area contributed by atoms with Gasteiger partial charge in [-0.1, -0.05) is 30.3 Å². The Labute approximate surface area is 246 Å². The summed E-state index contributed by atoms with van der Waals surface area (Å²) >= 11 is 0. The molecule has 5 N–H and O–H groups in total. The molecule has 1 aliphatic rings. The number of amides is 1. The van der Waals surface area contributed by atoms with Gasteiger partial charge in [-0.25, -0.2) is 0 Å². The van der Waals surface area contributed by atoms with Gasteiger partial charge in [0.15, 0.2) is 11.5 Å². The average Bonchev–Trinajstić information content (AvgIpc) is 2.98. The molecule has 0 bridgehead atoms. The topological polar surface area (TPSA) is 168 Å². The van der Waals surface area contributed by atoms with Crippen LogP contribution >= 0.6 is 0 Å². The zero-order chi connectivity index (χ0) is 30.8. The molecular formula is C32H33NO10. The number of benzene rings is 3. The molecule has 5 unspecified atom stereocenters. The highest BCUT2D eigenvalue weighted by atomic mass is 16.7. The van der Waals surface area contributed by atoms with Crippen LogP contribution in [-0.2, 0) is 16.1 Å². The molecule has 0 saturated carbocycles. The molecule has 4 aromatic rings. The number of nitrogens with one attached hydrogen (secondary N) is 1. The van der Waals surface area contributed by atoms with Crippen molar-refractivity contribution in [3.8, 4) is 28.6 Å². The molecule has 5 rings (SSSR count). The summed E-state index contributed by atoms with van der Waals surface area (Å²) in [7, 11) is 0. The molecule has 43 heavy (non-hydrogen) atoms. The van der Waals surface area contributed by atoms with Crippen molar-refractivity contribution in [2.45, 2.75) is 64.1 Å². The monoisotopic (exact) mass is 591 g/mol. The van der Waals surface area contributed by atoms with Gasteiger partial charge in [0, 0.05) is 29.3 Å². The van der Waals surface area contributed by atoms with Crippen molar-refractivity contribution in [1.82, 2.24) is 5.32 Å². The minimum Gasteiger partial charge on any atom is -0.507 e. The lowest BCUT2D eigenvalue weighted by Gasteiger charge is -2.39. The van der Waals surface area contributed by atoms with Crippen molar-refractivity contribution >= 4 is 16.9 Å². The summed E-state index contributed by atoms with van der Waals surface area (Å²) in [5.41, 5.74) is 1.23. The first-order chi connectivity index (χ1) is 20.5. The van der Waals surface area contributed by atoms with Crippen molar-refractivity contribution in [3.63, 3.8) is 0 Å². The highest BCUT2D eigenvalue weighted by molar-refractivity contribution is 5.88. The Hall–Kier alpha value is -4.42. The highest BCUT2D eigenvalue weighted by Crippen LogP contribution is 2.37. The van der Waals surface area contributed by atoms with E-state index in [4.69, 9.17) is 18.6 Å². The number of fused-ring (bicyclic) bond motifs is 1. The van der Waals surface area contributed by atoms with E-state index in [-0.39, 0.29) is 34.1 Å². The molecule has 3 aromatic carbocycles. The van der Waals surface area contributed by atoms with Gasteiger partial charge in [-0.15, -0.1) is 0 Å². The lowest BCUT2D eigenvalue weighted by atomic mass is 9.98. The summed E-state index contributed by atoms with van der Waals surface area (Å²) in [4.78, 5) is 25.6. The van der Waals surface area contributed by atoms with Crippen molar-refractivity contribution in [3.05, 3.63) is 88.1 Å². The van der Waals surface area contributed by atoms with E-state index in [9.17, 15) is 30.0 Å². The molecule has 1 amide bonds. The van der Waals surface area contributed by atoms with Crippen LogP contribution in [0.5, 0.6) is 17.2 Å². The zero-order valence-electron chi connectivity index (χ0n) is 23.8. The van der Waals surface area contributed by atoms with Crippen LogP contribution in [0.2, 0.25) is 0 Å². The van der Waals surface area contributed by atoms with Gasteiger partial charge in [0.05, 0.1) is 0 Å². The second kappa shape index (κ2) is 12.4. The van der Waals surface area contributed by atoms with Gasteiger partial charge in [-0.05, 0) is 50.6 Å². The van der Waals surface area contributed by atoms with Crippen LogP contribution in [0.3, 0.4) is 0 Å². The number of ether oxygens (including phenoxy) is 3. The second-order valence-corrected chi connectivity index (χ2v) is 10.7. The second-order valence-electron chi connectivity index (χ2n) is 10.7. The third-order valence-corrected chi connectivity index (χ3v) is 7.09. The Morgan fingerprint density at radius 2 is 1.67 bits per heavy atom. The Bertz CT molecular complexity index is 1650. The summed E-state index contributed by atoms with van der Waals surface area (Å²) in [6.45, 7) is 5.30. The van der Waals surface area contributed by atoms with Crippen molar-refractivity contribution in [2.24, 2.45) is 0 Å². The third-order valence-electron chi connectivity index (χ3n) is 7.09. The van der Waals surface area contributed by atoms with Gasteiger partial charge in [-0.2, -0.15) is 0 Å². The minimum atomic E-state index is -1.76. The van der Waals surface area contributed by atoms with E-state index >= 15 is 0 Å². The van der Waals surface area contributed by atoms with E-state index in [0.717, 1.165) is 5.56 Å². The van der Waals surface area contributed by atoms with Gasteiger partial charge < -0.3 is 44.4 Å². The highest BCUT2D eigenvalue weighted by Gasteiger charge is 2.48. The molecule has 226 valence electrons. The number of hydrogen-bond acceptors (Lipinski definition) is 10. The lowest BCUT2D eigenvalue weighted by molar-refractivity contribution is -0.267. The van der Waals surface area contributed by atoms with Crippen LogP contribution in [0.4, 0.5) is 0 Å². The van der Waals surface area contributed by atoms with Crippen LogP contribution in [0.1, 0.15) is 25.0 Å². The maximum atomic E-state index is 13.1. The largest absolute Gasteiger partial charge is 0.507 e. The Morgan fingerprint density at radius 1 is 0.977 bits per heavy atom. The molecule has 0 spiro atoms. The minimum absolute atomic E-state index is 0.00927. The number of rotatable bonds is 8. The molecule has 1 saturated heterocycles. The molecule has 11 nitrogen and oxygen atoms in total. The maximum Gasteiger partial charge on any atom is 0.252 e. The molecular weight excluding hydrogens is 558 g/mol. The fourth-order valence-electron chi connectivity index (χ4n) is 4.75. The third kappa shape index (κ3) is 6.35. The number of hydrogen-bond donors (Lipinski definition) is 5. The molecule has 11 heteroatoms.